The van der Waals surface area contributed by atoms with Crippen molar-refractivity contribution in [1.29, 1.82) is 0 Å². The van der Waals surface area contributed by atoms with Gasteiger partial charge in [0, 0.05) is 23.1 Å². The van der Waals surface area contributed by atoms with Crippen molar-refractivity contribution in [2.75, 3.05) is 23.7 Å². The van der Waals surface area contributed by atoms with Gasteiger partial charge in [0.05, 0.1) is 11.9 Å². The predicted molar refractivity (Wildman–Crippen MR) is 138 cm³/mol. The summed E-state index contributed by atoms with van der Waals surface area (Å²) in [5, 5.41) is 3.67. The summed E-state index contributed by atoms with van der Waals surface area (Å²) < 4.78 is 26.1. The van der Waals surface area contributed by atoms with Crippen molar-refractivity contribution in [3.63, 3.8) is 0 Å². The molecule has 2 rings (SSSR count). The molecule has 2 amide bonds. The van der Waals surface area contributed by atoms with Crippen LogP contribution < -0.4 is 9.62 Å². The van der Waals surface area contributed by atoms with Crippen LogP contribution in [0.3, 0.4) is 0 Å². The lowest BCUT2D eigenvalue weighted by atomic mass is 10.1. The fourth-order valence-corrected chi connectivity index (χ4v) is 4.62. The van der Waals surface area contributed by atoms with E-state index in [-0.39, 0.29) is 24.1 Å². The summed E-state index contributed by atoms with van der Waals surface area (Å²) in [5.41, 5.74) is 0.916. The van der Waals surface area contributed by atoms with Crippen molar-refractivity contribution in [3.05, 3.63) is 64.1 Å². The zero-order valence-corrected chi connectivity index (χ0v) is 22.1. The van der Waals surface area contributed by atoms with Crippen molar-refractivity contribution in [2.45, 2.75) is 39.8 Å². The molecule has 0 fully saturated rings. The molecule has 2 aromatic rings. The SMILES string of the molecule is CC[C@H](C(=O)NCC(C)C)N(Cc1ccccc1Cl)C(=O)CN(c1cccc(Cl)c1)S(C)(=O)=O. The molecule has 0 heterocycles. The summed E-state index contributed by atoms with van der Waals surface area (Å²) in [6.07, 6.45) is 1.36. The molecule has 7 nitrogen and oxygen atoms in total. The van der Waals surface area contributed by atoms with Crippen LogP contribution in [-0.2, 0) is 26.2 Å². The lowest BCUT2D eigenvalue weighted by Crippen LogP contribution is -2.52. The number of benzene rings is 2. The maximum atomic E-state index is 13.6. The third-order valence-corrected chi connectivity index (χ3v) is 6.89. The average Bonchev–Trinajstić information content (AvgIpc) is 2.76. The second-order valence-corrected chi connectivity index (χ2v) is 11.2. The van der Waals surface area contributed by atoms with Crippen LogP contribution in [-0.4, -0.2) is 50.5 Å². The minimum Gasteiger partial charge on any atom is -0.354 e. The monoisotopic (exact) mass is 527 g/mol. The number of hydrogen-bond donors (Lipinski definition) is 1. The molecule has 0 unspecified atom stereocenters. The van der Waals surface area contributed by atoms with E-state index in [0.717, 1.165) is 10.6 Å². The second kappa shape index (κ2) is 12.4. The van der Waals surface area contributed by atoms with Gasteiger partial charge in [-0.3, -0.25) is 13.9 Å². The van der Waals surface area contributed by atoms with Crippen molar-refractivity contribution >= 4 is 50.7 Å². The fourth-order valence-electron chi connectivity index (χ4n) is 3.40. The Bertz CT molecular complexity index is 1110. The standard InChI is InChI=1S/C24H31Cl2N3O4S/c1-5-22(24(31)27-14-17(2)3)28(15-18-9-6-7-12-21(18)26)23(30)16-29(34(4,32)33)20-11-8-10-19(25)13-20/h6-13,17,22H,5,14-16H2,1-4H3,(H,27,31)/t22-/m1/s1. The normalized spacial score (nSPS) is 12.3. The number of anilines is 1. The number of hydrogen-bond acceptors (Lipinski definition) is 4. The zero-order chi connectivity index (χ0) is 25.5. The van der Waals surface area contributed by atoms with Gasteiger partial charge in [0.15, 0.2) is 0 Å². The highest BCUT2D eigenvalue weighted by atomic mass is 35.5. The molecule has 1 atom stereocenters. The number of carbonyl (C=O) groups is 2. The molecule has 0 bridgehead atoms. The molecule has 0 spiro atoms. The molecule has 0 radical (unpaired) electrons. The molecule has 0 aliphatic heterocycles. The van der Waals surface area contributed by atoms with E-state index in [1.165, 1.54) is 11.0 Å². The molecule has 2 aromatic carbocycles. The van der Waals surface area contributed by atoms with Crippen molar-refractivity contribution in [2.24, 2.45) is 5.92 Å². The molecule has 186 valence electrons. The minimum absolute atomic E-state index is 0.0548. The Morgan fingerprint density at radius 3 is 2.29 bits per heavy atom. The van der Waals surface area contributed by atoms with Crippen LogP contribution in [0.25, 0.3) is 0 Å². The van der Waals surface area contributed by atoms with Gasteiger partial charge in [0.25, 0.3) is 0 Å². The molecule has 34 heavy (non-hydrogen) atoms. The van der Waals surface area contributed by atoms with E-state index in [9.17, 15) is 18.0 Å². The molecular weight excluding hydrogens is 497 g/mol. The number of sulfonamides is 1. The number of rotatable bonds is 11. The highest BCUT2D eigenvalue weighted by molar-refractivity contribution is 7.92. The first-order valence-electron chi connectivity index (χ1n) is 11.0. The van der Waals surface area contributed by atoms with Gasteiger partial charge < -0.3 is 10.2 Å². The van der Waals surface area contributed by atoms with Gasteiger partial charge >= 0.3 is 0 Å². The van der Waals surface area contributed by atoms with Gasteiger partial charge in [-0.05, 0) is 42.2 Å². The van der Waals surface area contributed by atoms with Crippen LogP contribution in [0.2, 0.25) is 10.0 Å². The molecule has 0 saturated carbocycles. The third kappa shape index (κ3) is 7.89. The van der Waals surface area contributed by atoms with E-state index in [4.69, 9.17) is 23.2 Å². The van der Waals surface area contributed by atoms with Gasteiger partial charge in [0.2, 0.25) is 21.8 Å². The smallest absolute Gasteiger partial charge is 0.244 e. The van der Waals surface area contributed by atoms with Gasteiger partial charge in [-0.15, -0.1) is 0 Å². The minimum atomic E-state index is -3.82. The first-order chi connectivity index (χ1) is 15.9. The van der Waals surface area contributed by atoms with Crippen LogP contribution in [0, 0.1) is 5.92 Å². The number of nitrogens with one attached hydrogen (secondary N) is 1. The van der Waals surface area contributed by atoms with E-state index in [1.807, 2.05) is 13.8 Å². The first-order valence-corrected chi connectivity index (χ1v) is 13.6. The number of halogens is 2. The summed E-state index contributed by atoms with van der Waals surface area (Å²) in [6.45, 7) is 5.78. The summed E-state index contributed by atoms with van der Waals surface area (Å²) in [6, 6.07) is 12.5. The van der Waals surface area contributed by atoms with Gasteiger partial charge in [-0.2, -0.15) is 0 Å². The molecule has 0 aromatic heterocycles. The maximum absolute atomic E-state index is 13.6. The predicted octanol–water partition coefficient (Wildman–Crippen LogP) is 4.34. The van der Waals surface area contributed by atoms with Crippen molar-refractivity contribution in [3.8, 4) is 0 Å². The van der Waals surface area contributed by atoms with E-state index in [2.05, 4.69) is 5.32 Å². The lowest BCUT2D eigenvalue weighted by molar-refractivity contribution is -0.140. The Morgan fingerprint density at radius 2 is 1.74 bits per heavy atom. The Hall–Kier alpha value is -2.29. The molecule has 1 N–H and O–H groups in total. The second-order valence-electron chi connectivity index (χ2n) is 8.43. The van der Waals surface area contributed by atoms with Crippen LogP contribution in [0.4, 0.5) is 5.69 Å². The highest BCUT2D eigenvalue weighted by Crippen LogP contribution is 2.24. The largest absolute Gasteiger partial charge is 0.354 e. The highest BCUT2D eigenvalue weighted by Gasteiger charge is 2.32. The van der Waals surface area contributed by atoms with Gasteiger partial charge in [-0.25, -0.2) is 8.42 Å². The molecule has 0 aliphatic rings. The van der Waals surface area contributed by atoms with Crippen molar-refractivity contribution < 1.29 is 18.0 Å². The summed E-state index contributed by atoms with van der Waals surface area (Å²) in [5.74, 6) is -0.597. The molecule has 0 aliphatic carbocycles. The van der Waals surface area contributed by atoms with Crippen LogP contribution in [0.15, 0.2) is 48.5 Å². The summed E-state index contributed by atoms with van der Waals surface area (Å²) in [4.78, 5) is 28.0. The van der Waals surface area contributed by atoms with E-state index in [0.29, 0.717) is 28.6 Å². The number of carbonyl (C=O) groups excluding carboxylic acids is 2. The maximum Gasteiger partial charge on any atom is 0.244 e. The molecule has 10 heteroatoms. The fraction of sp³-hybridized carbons (Fsp3) is 0.417. The first kappa shape index (κ1) is 28.0. The Labute approximate surface area is 212 Å². The Balaban J connectivity index is 2.43. The molecular formula is C24H31Cl2N3O4S. The lowest BCUT2D eigenvalue weighted by Gasteiger charge is -2.33. The van der Waals surface area contributed by atoms with E-state index in [1.54, 1.807) is 49.4 Å². The van der Waals surface area contributed by atoms with Gasteiger partial charge in [-0.1, -0.05) is 68.2 Å². The topological polar surface area (TPSA) is 86.8 Å². The van der Waals surface area contributed by atoms with Gasteiger partial charge in [0.1, 0.15) is 12.6 Å². The average molecular weight is 529 g/mol. The van der Waals surface area contributed by atoms with Crippen LogP contribution in [0.1, 0.15) is 32.8 Å². The van der Waals surface area contributed by atoms with E-state index < -0.39 is 28.5 Å². The third-order valence-electron chi connectivity index (χ3n) is 5.14. The quantitative estimate of drug-likeness (QED) is 0.470. The number of nitrogens with zero attached hydrogens (tertiary/aromatic N) is 2. The number of amides is 2. The Morgan fingerprint density at radius 1 is 1.06 bits per heavy atom. The Kier molecular flexibility index (Phi) is 10.2. The summed E-state index contributed by atoms with van der Waals surface area (Å²) in [7, 11) is -3.82. The van der Waals surface area contributed by atoms with Crippen molar-refractivity contribution in [1.82, 2.24) is 10.2 Å². The molecule has 0 saturated heterocycles. The van der Waals surface area contributed by atoms with E-state index >= 15 is 0 Å². The summed E-state index contributed by atoms with van der Waals surface area (Å²) >= 11 is 12.4. The van der Waals surface area contributed by atoms with Crippen LogP contribution in [0.5, 0.6) is 0 Å². The zero-order valence-electron chi connectivity index (χ0n) is 19.8. The van der Waals surface area contributed by atoms with Crippen LogP contribution >= 0.6 is 23.2 Å².